The molecule has 1 aromatic heterocycles. The first-order valence-electron chi connectivity index (χ1n) is 6.38. The second-order valence-electron chi connectivity index (χ2n) is 4.77. The topological polar surface area (TPSA) is 46.9 Å². The van der Waals surface area contributed by atoms with E-state index in [1.54, 1.807) is 0 Å². The predicted molar refractivity (Wildman–Crippen MR) is 67.3 cm³/mol. The molecular formula is C12H15ClF3N3O. The number of alkyl halides is 4. The molecule has 0 saturated heterocycles. The molecule has 112 valence electrons. The maximum atomic E-state index is 12.9. The minimum atomic E-state index is -4.48. The van der Waals surface area contributed by atoms with Gasteiger partial charge in [0.05, 0.1) is 12.2 Å². The van der Waals surface area contributed by atoms with Crippen LogP contribution >= 0.6 is 11.6 Å². The van der Waals surface area contributed by atoms with Gasteiger partial charge in [0.25, 0.3) is 0 Å². The van der Waals surface area contributed by atoms with Crippen molar-refractivity contribution in [1.82, 2.24) is 14.9 Å². The van der Waals surface area contributed by atoms with E-state index >= 15 is 0 Å². The van der Waals surface area contributed by atoms with Gasteiger partial charge in [-0.15, -0.1) is 11.6 Å². The number of carbonyl (C=O) groups excluding carboxylic acids is 1. The lowest BCUT2D eigenvalue weighted by Crippen LogP contribution is -2.29. The van der Waals surface area contributed by atoms with Gasteiger partial charge in [-0.3, -0.25) is 4.79 Å². The average Bonchev–Trinajstić information content (AvgIpc) is 2.74. The first kappa shape index (κ1) is 15.2. The van der Waals surface area contributed by atoms with Crippen LogP contribution in [0.3, 0.4) is 0 Å². The van der Waals surface area contributed by atoms with E-state index in [4.69, 9.17) is 11.6 Å². The number of fused-ring (bicyclic) bond motifs is 1. The quantitative estimate of drug-likeness (QED) is 0.872. The molecule has 0 bridgehead atoms. The van der Waals surface area contributed by atoms with Crippen molar-refractivity contribution < 1.29 is 18.0 Å². The van der Waals surface area contributed by atoms with Crippen molar-refractivity contribution in [1.29, 1.82) is 0 Å². The van der Waals surface area contributed by atoms with Crippen LogP contribution in [0.25, 0.3) is 0 Å². The van der Waals surface area contributed by atoms with Crippen LogP contribution in [0.4, 0.5) is 13.2 Å². The lowest BCUT2D eigenvalue weighted by atomic mass is 10.1. The number of nitrogens with zero attached hydrogens (tertiary/aromatic N) is 2. The predicted octanol–water partition coefficient (Wildman–Crippen LogP) is 2.48. The molecule has 0 radical (unpaired) electrons. The van der Waals surface area contributed by atoms with E-state index in [1.807, 2.05) is 0 Å². The van der Waals surface area contributed by atoms with E-state index in [2.05, 4.69) is 10.3 Å². The summed E-state index contributed by atoms with van der Waals surface area (Å²) >= 11 is 5.60. The van der Waals surface area contributed by atoms with E-state index in [-0.39, 0.29) is 12.2 Å². The van der Waals surface area contributed by atoms with Gasteiger partial charge in [0.15, 0.2) is 0 Å². The Morgan fingerprint density at radius 1 is 1.50 bits per heavy atom. The smallest absolute Gasteiger partial charge is 0.349 e. The summed E-state index contributed by atoms with van der Waals surface area (Å²) in [6, 6.07) is 0. The van der Waals surface area contributed by atoms with Crippen molar-refractivity contribution in [3.05, 3.63) is 17.2 Å². The molecule has 1 atom stereocenters. The fourth-order valence-electron chi connectivity index (χ4n) is 2.29. The second-order valence-corrected chi connectivity index (χ2v) is 5.42. The number of hydrogen-bond acceptors (Lipinski definition) is 2. The Kier molecular flexibility index (Phi) is 4.27. The largest absolute Gasteiger partial charge is 0.449 e. The second kappa shape index (κ2) is 5.63. The Bertz CT molecular complexity index is 511. The van der Waals surface area contributed by atoms with Gasteiger partial charge >= 0.3 is 6.18 Å². The van der Waals surface area contributed by atoms with Crippen LogP contribution in [-0.2, 0) is 30.5 Å². The Labute approximate surface area is 119 Å². The fourth-order valence-corrected chi connectivity index (χ4v) is 2.37. The molecule has 1 aliphatic rings. The van der Waals surface area contributed by atoms with Crippen molar-refractivity contribution in [2.24, 2.45) is 0 Å². The van der Waals surface area contributed by atoms with Crippen molar-refractivity contribution >= 4 is 17.5 Å². The van der Waals surface area contributed by atoms with E-state index < -0.39 is 23.3 Å². The summed E-state index contributed by atoms with van der Waals surface area (Å²) in [5.41, 5.74) is 0.841. The fraction of sp³-hybridized carbons (Fsp3) is 0.667. The Morgan fingerprint density at radius 3 is 2.80 bits per heavy atom. The number of amides is 1. The van der Waals surface area contributed by atoms with E-state index in [9.17, 15) is 18.0 Å². The van der Waals surface area contributed by atoms with E-state index in [0.29, 0.717) is 25.1 Å². The molecule has 0 spiro atoms. The summed E-state index contributed by atoms with van der Waals surface area (Å²) in [4.78, 5) is 15.1. The van der Waals surface area contributed by atoms with Gasteiger partial charge in [0, 0.05) is 12.2 Å². The molecular weight excluding hydrogens is 295 g/mol. The maximum Gasteiger partial charge on any atom is 0.449 e. The highest BCUT2D eigenvalue weighted by Gasteiger charge is 2.39. The molecule has 1 N–H and O–H groups in total. The number of imidazole rings is 1. The van der Waals surface area contributed by atoms with Crippen molar-refractivity contribution in [2.45, 2.75) is 50.8 Å². The Balaban J connectivity index is 2.25. The summed E-state index contributed by atoms with van der Waals surface area (Å²) in [6.45, 7) is 1.79. The number of nitrogens with one attached hydrogen (secondary N) is 1. The summed E-state index contributed by atoms with van der Waals surface area (Å²) in [7, 11) is 0. The summed E-state index contributed by atoms with van der Waals surface area (Å²) in [6.07, 6.45) is -2.40. The first-order chi connectivity index (χ1) is 9.30. The molecule has 0 fully saturated rings. The number of hydrogen-bond donors (Lipinski definition) is 1. The molecule has 0 aromatic carbocycles. The van der Waals surface area contributed by atoms with Gasteiger partial charge in [-0.1, -0.05) is 0 Å². The van der Waals surface area contributed by atoms with Crippen molar-refractivity contribution in [3.63, 3.8) is 0 Å². The highest BCUT2D eigenvalue weighted by Crippen LogP contribution is 2.32. The Morgan fingerprint density at radius 2 is 2.20 bits per heavy atom. The van der Waals surface area contributed by atoms with Crippen LogP contribution in [0.15, 0.2) is 0 Å². The van der Waals surface area contributed by atoms with Crippen molar-refractivity contribution in [2.75, 3.05) is 0 Å². The highest BCUT2D eigenvalue weighted by atomic mass is 35.5. The number of rotatable bonds is 3. The SMILES string of the molecule is CC(Cl)C(=O)NCc1nc(C(F)(F)F)n2c1CCCC2. The molecule has 2 rings (SSSR count). The Hall–Kier alpha value is -1.24. The maximum absolute atomic E-state index is 12.9. The lowest BCUT2D eigenvalue weighted by Gasteiger charge is -2.18. The molecule has 20 heavy (non-hydrogen) atoms. The standard InChI is InChI=1S/C12H15ClF3N3O/c1-7(13)10(20)17-6-8-9-4-2-3-5-19(9)11(18-8)12(14,15)16/h7H,2-6H2,1H3,(H,17,20). The minimum Gasteiger partial charge on any atom is -0.349 e. The van der Waals surface area contributed by atoms with Gasteiger partial charge in [-0.05, 0) is 26.2 Å². The van der Waals surface area contributed by atoms with Crippen LogP contribution < -0.4 is 5.32 Å². The zero-order valence-electron chi connectivity index (χ0n) is 10.9. The summed E-state index contributed by atoms with van der Waals surface area (Å²) in [5.74, 6) is -1.30. The number of aromatic nitrogens is 2. The lowest BCUT2D eigenvalue weighted by molar-refractivity contribution is -0.147. The number of halogens is 4. The van der Waals surface area contributed by atoms with Gasteiger partial charge in [0.1, 0.15) is 5.38 Å². The normalized spacial score (nSPS) is 16.6. The molecule has 2 heterocycles. The van der Waals surface area contributed by atoms with Crippen LogP contribution in [0, 0.1) is 0 Å². The molecule has 0 aliphatic carbocycles. The van der Waals surface area contributed by atoms with Crippen molar-refractivity contribution in [3.8, 4) is 0 Å². The van der Waals surface area contributed by atoms with Crippen LogP contribution in [0.5, 0.6) is 0 Å². The van der Waals surface area contributed by atoms with Crippen LogP contribution in [0.1, 0.15) is 37.0 Å². The zero-order valence-corrected chi connectivity index (χ0v) is 11.7. The van der Waals surface area contributed by atoms with E-state index in [0.717, 1.165) is 6.42 Å². The molecule has 1 unspecified atom stereocenters. The summed E-state index contributed by atoms with van der Waals surface area (Å²) in [5, 5.41) is 1.77. The van der Waals surface area contributed by atoms with Gasteiger partial charge in [0.2, 0.25) is 11.7 Å². The third-order valence-electron chi connectivity index (χ3n) is 3.25. The molecule has 1 amide bonds. The zero-order chi connectivity index (χ0) is 14.9. The third-order valence-corrected chi connectivity index (χ3v) is 3.44. The molecule has 1 aromatic rings. The number of carbonyl (C=O) groups is 1. The van der Waals surface area contributed by atoms with Gasteiger partial charge in [-0.2, -0.15) is 13.2 Å². The highest BCUT2D eigenvalue weighted by molar-refractivity contribution is 6.30. The summed E-state index contributed by atoms with van der Waals surface area (Å²) < 4.78 is 40.0. The molecule has 4 nitrogen and oxygen atoms in total. The molecule has 8 heteroatoms. The molecule has 1 aliphatic heterocycles. The van der Waals surface area contributed by atoms with Gasteiger partial charge < -0.3 is 9.88 Å². The third kappa shape index (κ3) is 3.08. The van der Waals surface area contributed by atoms with E-state index in [1.165, 1.54) is 11.5 Å². The molecule has 0 saturated carbocycles. The minimum absolute atomic E-state index is 0.0265. The average molecular weight is 310 g/mol. The monoisotopic (exact) mass is 309 g/mol. The van der Waals surface area contributed by atoms with Gasteiger partial charge in [-0.25, -0.2) is 4.98 Å². The van der Waals surface area contributed by atoms with Crippen LogP contribution in [-0.4, -0.2) is 20.8 Å². The first-order valence-corrected chi connectivity index (χ1v) is 6.81. The van der Waals surface area contributed by atoms with Crippen LogP contribution in [0.2, 0.25) is 0 Å².